The zero-order chi connectivity index (χ0) is 14.8. The number of carbonyl (C=O) groups excluding carboxylic acids is 1. The zero-order valence-electron chi connectivity index (χ0n) is 11.4. The maximum absolute atomic E-state index is 13.0. The van der Waals surface area contributed by atoms with Crippen LogP contribution < -0.4 is 4.90 Å². The van der Waals surface area contributed by atoms with E-state index in [4.69, 9.17) is 12.2 Å². The van der Waals surface area contributed by atoms with Crippen LogP contribution in [0.2, 0.25) is 0 Å². The molecule has 1 aromatic rings. The summed E-state index contributed by atoms with van der Waals surface area (Å²) in [6.45, 7) is 1.97. The second-order valence-corrected chi connectivity index (χ2v) is 6.75. The standard InChI is InChI=1S/C15H15FN2OS2/c16-11-4-6-12(7-5-11)18-14(19)13(21-15(18)20)10-17-8-2-1-3-9-17/h4-7,10H,1-3,8-9H2/b13-10-. The highest BCUT2D eigenvalue weighted by atomic mass is 32.2. The largest absolute Gasteiger partial charge is 0.376 e. The number of thiocarbonyl (C=S) groups is 1. The smallest absolute Gasteiger partial charge is 0.272 e. The van der Waals surface area contributed by atoms with Gasteiger partial charge in [0.1, 0.15) is 5.82 Å². The Kier molecular flexibility index (Phi) is 4.26. The van der Waals surface area contributed by atoms with Crippen LogP contribution in [-0.2, 0) is 4.79 Å². The molecule has 0 N–H and O–H groups in total. The summed E-state index contributed by atoms with van der Waals surface area (Å²) >= 11 is 6.60. The Bertz CT molecular complexity index is 594. The van der Waals surface area contributed by atoms with Gasteiger partial charge in [-0.2, -0.15) is 0 Å². The molecule has 0 unspecified atom stereocenters. The minimum atomic E-state index is -0.326. The molecule has 0 saturated carbocycles. The van der Waals surface area contributed by atoms with Crippen molar-refractivity contribution in [2.75, 3.05) is 18.0 Å². The predicted octanol–water partition coefficient (Wildman–Crippen LogP) is 3.52. The minimum absolute atomic E-state index is 0.123. The number of hydrogen-bond acceptors (Lipinski definition) is 4. The van der Waals surface area contributed by atoms with E-state index in [1.54, 1.807) is 12.1 Å². The molecule has 0 atom stereocenters. The third-order valence-corrected chi connectivity index (χ3v) is 4.86. The van der Waals surface area contributed by atoms with Gasteiger partial charge in [0.15, 0.2) is 4.32 Å². The van der Waals surface area contributed by atoms with E-state index < -0.39 is 0 Å². The van der Waals surface area contributed by atoms with E-state index in [1.165, 1.54) is 35.2 Å². The monoisotopic (exact) mass is 322 g/mol. The van der Waals surface area contributed by atoms with Crippen molar-refractivity contribution >= 4 is 39.9 Å². The molecule has 0 spiro atoms. The Balaban J connectivity index is 1.81. The molecule has 2 aliphatic heterocycles. The summed E-state index contributed by atoms with van der Waals surface area (Å²) in [5, 5.41) is 0. The number of hydrogen-bond donors (Lipinski definition) is 0. The lowest BCUT2D eigenvalue weighted by molar-refractivity contribution is -0.113. The van der Waals surface area contributed by atoms with Crippen LogP contribution in [0.5, 0.6) is 0 Å². The van der Waals surface area contributed by atoms with Crippen molar-refractivity contribution < 1.29 is 9.18 Å². The molecule has 110 valence electrons. The minimum Gasteiger partial charge on any atom is -0.376 e. The third-order valence-electron chi connectivity index (χ3n) is 3.57. The zero-order valence-corrected chi connectivity index (χ0v) is 13.1. The van der Waals surface area contributed by atoms with Gasteiger partial charge in [0.2, 0.25) is 0 Å². The second kappa shape index (κ2) is 6.15. The maximum atomic E-state index is 13.0. The summed E-state index contributed by atoms with van der Waals surface area (Å²) in [5.74, 6) is -0.449. The van der Waals surface area contributed by atoms with Gasteiger partial charge in [-0.1, -0.05) is 24.0 Å². The van der Waals surface area contributed by atoms with Gasteiger partial charge in [0.25, 0.3) is 5.91 Å². The third kappa shape index (κ3) is 3.11. The summed E-state index contributed by atoms with van der Waals surface area (Å²) in [7, 11) is 0. The van der Waals surface area contributed by atoms with Crippen LogP contribution in [-0.4, -0.2) is 28.2 Å². The Morgan fingerprint density at radius 2 is 1.81 bits per heavy atom. The molecule has 1 amide bonds. The molecule has 3 rings (SSSR count). The molecule has 0 radical (unpaired) electrons. The van der Waals surface area contributed by atoms with E-state index in [-0.39, 0.29) is 11.7 Å². The average Bonchev–Trinajstić information content (AvgIpc) is 2.76. The first-order chi connectivity index (χ1) is 10.1. The van der Waals surface area contributed by atoms with Crippen molar-refractivity contribution in [1.82, 2.24) is 4.90 Å². The summed E-state index contributed by atoms with van der Waals surface area (Å²) < 4.78 is 13.5. The molecule has 0 aromatic heterocycles. The normalized spacial score (nSPS) is 21.5. The maximum Gasteiger partial charge on any atom is 0.272 e. The summed E-state index contributed by atoms with van der Waals surface area (Å²) in [6, 6.07) is 5.82. The van der Waals surface area contributed by atoms with Crippen LogP contribution >= 0.6 is 24.0 Å². The van der Waals surface area contributed by atoms with E-state index in [0.29, 0.717) is 14.9 Å². The van der Waals surface area contributed by atoms with Crippen molar-refractivity contribution in [2.24, 2.45) is 0 Å². The summed E-state index contributed by atoms with van der Waals surface area (Å²) in [6.07, 6.45) is 5.49. The number of likely N-dealkylation sites (tertiary alicyclic amines) is 1. The summed E-state index contributed by atoms with van der Waals surface area (Å²) in [5.41, 5.74) is 0.612. The number of amides is 1. The molecule has 2 fully saturated rings. The van der Waals surface area contributed by atoms with Gasteiger partial charge in [0, 0.05) is 19.3 Å². The van der Waals surface area contributed by atoms with Crippen LogP contribution in [0.15, 0.2) is 35.4 Å². The average molecular weight is 322 g/mol. The van der Waals surface area contributed by atoms with Gasteiger partial charge >= 0.3 is 0 Å². The van der Waals surface area contributed by atoms with Crippen LogP contribution in [0.1, 0.15) is 19.3 Å². The Morgan fingerprint density at radius 1 is 1.14 bits per heavy atom. The predicted molar refractivity (Wildman–Crippen MR) is 87.6 cm³/mol. The number of thioether (sulfide) groups is 1. The quantitative estimate of drug-likeness (QED) is 0.614. The van der Waals surface area contributed by atoms with Crippen LogP contribution in [0.25, 0.3) is 0 Å². The van der Waals surface area contributed by atoms with Crippen molar-refractivity contribution in [3.63, 3.8) is 0 Å². The number of nitrogens with zero attached hydrogens (tertiary/aromatic N) is 2. The number of benzene rings is 1. The van der Waals surface area contributed by atoms with Crippen LogP contribution in [0.3, 0.4) is 0 Å². The molecule has 2 aliphatic rings. The molecule has 2 saturated heterocycles. The summed E-state index contributed by atoms with van der Waals surface area (Å²) in [4.78, 5) is 16.8. The first-order valence-corrected chi connectivity index (χ1v) is 8.15. The number of anilines is 1. The molecular weight excluding hydrogens is 307 g/mol. The molecule has 2 heterocycles. The first-order valence-electron chi connectivity index (χ1n) is 6.93. The van der Waals surface area contributed by atoms with Gasteiger partial charge in [-0.3, -0.25) is 9.69 Å². The molecule has 6 heteroatoms. The number of rotatable bonds is 2. The van der Waals surface area contributed by atoms with Crippen molar-refractivity contribution in [3.8, 4) is 0 Å². The van der Waals surface area contributed by atoms with E-state index in [1.807, 2.05) is 6.20 Å². The number of halogens is 1. The highest BCUT2D eigenvalue weighted by molar-refractivity contribution is 8.27. The van der Waals surface area contributed by atoms with E-state index in [2.05, 4.69) is 4.90 Å². The molecular formula is C15H15FN2OS2. The molecule has 0 bridgehead atoms. The van der Waals surface area contributed by atoms with Crippen LogP contribution in [0.4, 0.5) is 10.1 Å². The van der Waals surface area contributed by atoms with Crippen molar-refractivity contribution in [3.05, 3.63) is 41.2 Å². The Hall–Kier alpha value is -1.40. The SMILES string of the molecule is O=C1/C(=C/N2CCCCC2)SC(=S)N1c1ccc(F)cc1. The fourth-order valence-corrected chi connectivity index (χ4v) is 3.79. The lowest BCUT2D eigenvalue weighted by Gasteiger charge is -2.25. The van der Waals surface area contributed by atoms with Crippen LogP contribution in [0, 0.1) is 5.82 Å². The molecule has 0 aliphatic carbocycles. The number of carbonyl (C=O) groups is 1. The Labute approximate surface area is 132 Å². The van der Waals surface area contributed by atoms with Crippen molar-refractivity contribution in [2.45, 2.75) is 19.3 Å². The first kappa shape index (κ1) is 14.5. The fraction of sp³-hybridized carbons (Fsp3) is 0.333. The highest BCUT2D eigenvalue weighted by Crippen LogP contribution is 2.35. The van der Waals surface area contributed by atoms with Gasteiger partial charge < -0.3 is 4.90 Å². The van der Waals surface area contributed by atoms with E-state index in [9.17, 15) is 9.18 Å². The topological polar surface area (TPSA) is 23.6 Å². The van der Waals surface area contributed by atoms with Gasteiger partial charge in [-0.05, 0) is 43.5 Å². The fourth-order valence-electron chi connectivity index (χ4n) is 2.48. The molecule has 1 aromatic carbocycles. The van der Waals surface area contributed by atoms with Gasteiger partial charge in [0.05, 0.1) is 10.6 Å². The second-order valence-electron chi connectivity index (χ2n) is 5.07. The van der Waals surface area contributed by atoms with E-state index >= 15 is 0 Å². The van der Waals surface area contributed by atoms with E-state index in [0.717, 1.165) is 25.9 Å². The lowest BCUT2D eigenvalue weighted by atomic mass is 10.1. The van der Waals surface area contributed by atoms with Gasteiger partial charge in [-0.15, -0.1) is 0 Å². The Morgan fingerprint density at radius 3 is 2.48 bits per heavy atom. The highest BCUT2D eigenvalue weighted by Gasteiger charge is 2.33. The lowest BCUT2D eigenvalue weighted by Crippen LogP contribution is -2.29. The molecule has 3 nitrogen and oxygen atoms in total. The van der Waals surface area contributed by atoms with Gasteiger partial charge in [-0.25, -0.2) is 4.39 Å². The number of piperidine rings is 1. The van der Waals surface area contributed by atoms with Crippen molar-refractivity contribution in [1.29, 1.82) is 0 Å². The molecule has 21 heavy (non-hydrogen) atoms.